The van der Waals surface area contributed by atoms with Crippen molar-refractivity contribution in [2.24, 2.45) is 5.92 Å². The summed E-state index contributed by atoms with van der Waals surface area (Å²) in [5.41, 5.74) is 6.67. The maximum atomic E-state index is 11.8. The summed E-state index contributed by atoms with van der Waals surface area (Å²) in [6, 6.07) is 4.95. The van der Waals surface area contributed by atoms with Gasteiger partial charge in [0.15, 0.2) is 0 Å². The highest BCUT2D eigenvalue weighted by Crippen LogP contribution is 2.24. The van der Waals surface area contributed by atoms with Crippen molar-refractivity contribution >= 4 is 28.9 Å². The third kappa shape index (κ3) is 4.55. The van der Waals surface area contributed by atoms with Gasteiger partial charge in [-0.05, 0) is 31.0 Å². The van der Waals surface area contributed by atoms with Gasteiger partial charge in [0.1, 0.15) is 6.10 Å². The standard InChI is InChI=1S/C13H19ClN2O2/c1-8(2)7-18-9(3)13(17)16-12-5-4-10(15)6-11(12)14/h4-6,8-9H,7,15H2,1-3H3,(H,16,17). The molecule has 18 heavy (non-hydrogen) atoms. The maximum absolute atomic E-state index is 11.8. The number of carbonyl (C=O) groups is 1. The first-order valence-corrected chi connectivity index (χ1v) is 6.25. The Balaban J connectivity index is 2.58. The fourth-order valence-corrected chi connectivity index (χ4v) is 1.52. The number of nitrogen functional groups attached to an aromatic ring is 1. The molecule has 0 aliphatic rings. The van der Waals surface area contributed by atoms with E-state index in [2.05, 4.69) is 5.32 Å². The molecule has 0 spiro atoms. The zero-order valence-corrected chi connectivity index (χ0v) is 11.6. The molecule has 0 heterocycles. The second-order valence-corrected chi connectivity index (χ2v) is 5.01. The third-order valence-electron chi connectivity index (χ3n) is 2.30. The molecule has 0 bridgehead atoms. The van der Waals surface area contributed by atoms with E-state index in [9.17, 15) is 4.79 Å². The number of ether oxygens (including phenoxy) is 1. The third-order valence-corrected chi connectivity index (χ3v) is 2.61. The van der Waals surface area contributed by atoms with Gasteiger partial charge in [-0.2, -0.15) is 0 Å². The van der Waals surface area contributed by atoms with Crippen molar-refractivity contribution in [3.05, 3.63) is 23.2 Å². The minimum Gasteiger partial charge on any atom is -0.399 e. The molecule has 1 amide bonds. The number of amides is 1. The van der Waals surface area contributed by atoms with E-state index in [1.165, 1.54) is 0 Å². The number of benzene rings is 1. The average molecular weight is 271 g/mol. The molecule has 0 aliphatic carbocycles. The normalized spacial score (nSPS) is 12.5. The zero-order valence-electron chi connectivity index (χ0n) is 10.9. The van der Waals surface area contributed by atoms with Gasteiger partial charge in [-0.25, -0.2) is 0 Å². The molecule has 0 saturated carbocycles. The number of nitrogens with one attached hydrogen (secondary N) is 1. The summed E-state index contributed by atoms with van der Waals surface area (Å²) in [5.74, 6) is 0.169. The summed E-state index contributed by atoms with van der Waals surface area (Å²) in [6.07, 6.45) is -0.513. The van der Waals surface area contributed by atoms with Crippen molar-refractivity contribution in [2.45, 2.75) is 26.9 Å². The fraction of sp³-hybridized carbons (Fsp3) is 0.462. The second-order valence-electron chi connectivity index (χ2n) is 4.60. The topological polar surface area (TPSA) is 64.3 Å². The molecular weight excluding hydrogens is 252 g/mol. The smallest absolute Gasteiger partial charge is 0.253 e. The maximum Gasteiger partial charge on any atom is 0.253 e. The molecule has 100 valence electrons. The molecule has 0 aromatic heterocycles. The summed E-state index contributed by atoms with van der Waals surface area (Å²) < 4.78 is 5.42. The number of rotatable bonds is 5. The van der Waals surface area contributed by atoms with E-state index in [0.717, 1.165) is 0 Å². The van der Waals surface area contributed by atoms with Crippen molar-refractivity contribution in [3.63, 3.8) is 0 Å². The predicted octanol–water partition coefficient (Wildman–Crippen LogP) is 2.92. The molecule has 0 radical (unpaired) electrons. The number of nitrogens with two attached hydrogens (primary N) is 1. The van der Waals surface area contributed by atoms with Crippen LogP contribution in [0.4, 0.5) is 11.4 Å². The molecule has 1 aromatic carbocycles. The zero-order chi connectivity index (χ0) is 13.7. The Bertz CT molecular complexity index is 421. The van der Waals surface area contributed by atoms with Crippen LogP contribution in [0.5, 0.6) is 0 Å². The molecule has 5 heteroatoms. The summed E-state index contributed by atoms with van der Waals surface area (Å²) in [6.45, 7) is 6.32. The molecule has 0 saturated heterocycles. The minimum absolute atomic E-state index is 0.220. The number of hydrogen-bond acceptors (Lipinski definition) is 3. The van der Waals surface area contributed by atoms with E-state index in [1.54, 1.807) is 25.1 Å². The highest BCUT2D eigenvalue weighted by Gasteiger charge is 2.15. The van der Waals surface area contributed by atoms with Gasteiger partial charge in [0.25, 0.3) is 5.91 Å². The van der Waals surface area contributed by atoms with Crippen molar-refractivity contribution in [3.8, 4) is 0 Å². The molecule has 1 atom stereocenters. The monoisotopic (exact) mass is 270 g/mol. The number of carbonyl (C=O) groups excluding carboxylic acids is 1. The second kappa shape index (κ2) is 6.61. The van der Waals surface area contributed by atoms with Gasteiger partial charge in [0.2, 0.25) is 0 Å². The SMILES string of the molecule is CC(C)COC(C)C(=O)Nc1ccc(N)cc1Cl. The van der Waals surface area contributed by atoms with Gasteiger partial charge >= 0.3 is 0 Å². The first-order valence-electron chi connectivity index (χ1n) is 5.87. The first-order chi connectivity index (χ1) is 8.40. The Hall–Kier alpha value is -1.26. The van der Waals surface area contributed by atoms with Gasteiger partial charge in [0.05, 0.1) is 10.7 Å². The van der Waals surface area contributed by atoms with Gasteiger partial charge in [-0.1, -0.05) is 25.4 Å². The van der Waals surface area contributed by atoms with Crippen LogP contribution in [0.2, 0.25) is 5.02 Å². The summed E-state index contributed by atoms with van der Waals surface area (Å²) in [7, 11) is 0. The molecule has 0 aliphatic heterocycles. The van der Waals surface area contributed by atoms with E-state index >= 15 is 0 Å². The Labute approximate surface area is 112 Å². The van der Waals surface area contributed by atoms with Crippen LogP contribution in [0.3, 0.4) is 0 Å². The minimum atomic E-state index is -0.513. The van der Waals surface area contributed by atoms with Crippen molar-refractivity contribution in [1.82, 2.24) is 0 Å². The van der Waals surface area contributed by atoms with Crippen molar-refractivity contribution in [1.29, 1.82) is 0 Å². The van der Waals surface area contributed by atoms with Gasteiger partial charge in [-0.3, -0.25) is 4.79 Å². The lowest BCUT2D eigenvalue weighted by Gasteiger charge is -2.15. The van der Waals surface area contributed by atoms with E-state index in [1.807, 2.05) is 13.8 Å². The molecule has 4 nitrogen and oxygen atoms in total. The van der Waals surface area contributed by atoms with E-state index in [4.69, 9.17) is 22.1 Å². The van der Waals surface area contributed by atoms with Crippen LogP contribution < -0.4 is 11.1 Å². The van der Waals surface area contributed by atoms with Gasteiger partial charge in [-0.15, -0.1) is 0 Å². The van der Waals surface area contributed by atoms with Crippen LogP contribution in [-0.2, 0) is 9.53 Å². The largest absolute Gasteiger partial charge is 0.399 e. The Morgan fingerprint density at radius 3 is 2.67 bits per heavy atom. The van der Waals surface area contributed by atoms with Crippen LogP contribution in [0.15, 0.2) is 18.2 Å². The van der Waals surface area contributed by atoms with E-state index < -0.39 is 6.10 Å². The summed E-state index contributed by atoms with van der Waals surface area (Å²) in [4.78, 5) is 11.8. The lowest BCUT2D eigenvalue weighted by molar-refractivity contribution is -0.126. The van der Waals surface area contributed by atoms with Crippen LogP contribution in [0, 0.1) is 5.92 Å². The van der Waals surface area contributed by atoms with Gasteiger partial charge < -0.3 is 15.8 Å². The average Bonchev–Trinajstić information content (AvgIpc) is 2.29. The highest BCUT2D eigenvalue weighted by atomic mass is 35.5. The molecule has 0 fully saturated rings. The van der Waals surface area contributed by atoms with Crippen molar-refractivity contribution < 1.29 is 9.53 Å². The van der Waals surface area contributed by atoms with Crippen LogP contribution in [0.1, 0.15) is 20.8 Å². The van der Waals surface area contributed by atoms with Gasteiger partial charge in [0, 0.05) is 12.3 Å². The van der Waals surface area contributed by atoms with Crippen LogP contribution in [0.25, 0.3) is 0 Å². The number of halogens is 1. The number of anilines is 2. The molecule has 1 rings (SSSR count). The fourth-order valence-electron chi connectivity index (χ4n) is 1.28. The van der Waals surface area contributed by atoms with E-state index in [0.29, 0.717) is 28.9 Å². The molecule has 1 unspecified atom stereocenters. The Morgan fingerprint density at radius 2 is 2.11 bits per heavy atom. The quantitative estimate of drug-likeness (QED) is 0.809. The lowest BCUT2D eigenvalue weighted by atomic mass is 10.2. The van der Waals surface area contributed by atoms with Crippen molar-refractivity contribution in [2.75, 3.05) is 17.7 Å². The Morgan fingerprint density at radius 1 is 1.44 bits per heavy atom. The van der Waals surface area contributed by atoms with Crippen LogP contribution >= 0.6 is 11.6 Å². The molecular formula is C13H19ClN2O2. The van der Waals surface area contributed by atoms with E-state index in [-0.39, 0.29) is 5.91 Å². The Kier molecular flexibility index (Phi) is 5.44. The van der Waals surface area contributed by atoms with Crippen LogP contribution in [-0.4, -0.2) is 18.6 Å². The molecule has 1 aromatic rings. The summed E-state index contributed by atoms with van der Waals surface area (Å²) in [5, 5.41) is 3.13. The predicted molar refractivity (Wildman–Crippen MR) is 74.7 cm³/mol. The highest BCUT2D eigenvalue weighted by molar-refractivity contribution is 6.34. The lowest BCUT2D eigenvalue weighted by Crippen LogP contribution is -2.29. The summed E-state index contributed by atoms with van der Waals surface area (Å²) >= 11 is 5.97. The molecule has 3 N–H and O–H groups in total. The number of hydrogen-bond donors (Lipinski definition) is 2. The first kappa shape index (κ1) is 14.8.